The summed E-state index contributed by atoms with van der Waals surface area (Å²) in [5.74, 6) is -0.754. The highest BCUT2D eigenvalue weighted by atomic mass is 19.4. The van der Waals surface area contributed by atoms with Gasteiger partial charge in [-0.25, -0.2) is 14.6 Å². The van der Waals surface area contributed by atoms with Gasteiger partial charge in [0.1, 0.15) is 11.7 Å². The smallest absolute Gasteiger partial charge is 0.427 e. The van der Waals surface area contributed by atoms with E-state index in [1.807, 2.05) is 5.43 Å². The van der Waals surface area contributed by atoms with Crippen LogP contribution >= 0.6 is 0 Å². The fraction of sp³-hybridized carbons (Fsp3) is 0.417. The summed E-state index contributed by atoms with van der Waals surface area (Å²) in [5, 5.41) is 3.67. The number of morpholine rings is 1. The predicted octanol–water partition coefficient (Wildman–Crippen LogP) is 4.97. The molecule has 0 bridgehead atoms. The molecule has 1 aliphatic rings. The molecule has 2 aromatic carbocycles. The zero-order chi connectivity index (χ0) is 30.6. The quantitative estimate of drug-likeness (QED) is 0.161. The number of nitrogens with one attached hydrogen (secondary N) is 1. The number of nitrogens with zero attached hydrogens (tertiary/aromatic N) is 2. The van der Waals surface area contributed by atoms with Gasteiger partial charge in [0, 0.05) is 7.92 Å². The number of halogens is 7. The third kappa shape index (κ3) is 8.03. The lowest BCUT2D eigenvalue weighted by Gasteiger charge is -2.41. The molecule has 2 aromatic rings. The Morgan fingerprint density at radius 1 is 1.21 bits per heavy atom. The van der Waals surface area contributed by atoms with Crippen LogP contribution < -0.4 is 11.2 Å². The number of amidine groups is 1. The Bertz CT molecular complexity index is 1220. The summed E-state index contributed by atoms with van der Waals surface area (Å²) in [6.45, 7) is -1.27. The minimum absolute atomic E-state index is 0.0987. The lowest BCUT2D eigenvalue weighted by Crippen LogP contribution is -2.49. The minimum Gasteiger partial charge on any atom is -0.452 e. The number of hydrogen-bond acceptors (Lipinski definition) is 6. The molecule has 8 nitrogen and oxygen atoms in total. The third-order valence-corrected chi connectivity index (χ3v) is 5.53. The van der Waals surface area contributed by atoms with Crippen LogP contribution in [0.5, 0.6) is 0 Å². The van der Waals surface area contributed by atoms with Gasteiger partial charge in [-0.1, -0.05) is 12.1 Å². The molecule has 1 amide bonds. The molecule has 0 unspecified atom stereocenters. The minimum atomic E-state index is -5.19. The zero-order valence-corrected chi connectivity index (χ0v) is 20.3. The van der Waals surface area contributed by atoms with Crippen LogP contribution in [-0.4, -0.2) is 49.9 Å². The van der Waals surface area contributed by atoms with Gasteiger partial charge >= 0.3 is 18.4 Å². The van der Waals surface area contributed by atoms with Crippen molar-refractivity contribution >= 4 is 11.9 Å². The van der Waals surface area contributed by atoms with E-state index in [1.54, 1.807) is 4.90 Å². The van der Waals surface area contributed by atoms with Crippen molar-refractivity contribution in [2.75, 3.05) is 26.8 Å². The lowest BCUT2D eigenvalue weighted by atomic mass is 10.0. The van der Waals surface area contributed by atoms with Gasteiger partial charge in [0.05, 0.1) is 44.9 Å². The number of amides is 1. The average molecular weight is 570 g/mol. The Morgan fingerprint density at radius 2 is 1.82 bits per heavy atom. The van der Waals surface area contributed by atoms with E-state index in [0.717, 1.165) is 19.2 Å². The Kier molecular flexibility index (Phi) is 8.47. The topological polar surface area (TPSA) is 98.4 Å². The van der Waals surface area contributed by atoms with E-state index in [-0.39, 0.29) is 31.6 Å². The number of nitrogens with two attached hydrogens (primary N) is 1. The molecule has 1 fully saturated rings. The lowest BCUT2D eigenvalue weighted by molar-refractivity contribution is -0.227. The largest absolute Gasteiger partial charge is 0.452 e. The van der Waals surface area contributed by atoms with Gasteiger partial charge in [-0.3, -0.25) is 4.90 Å². The van der Waals surface area contributed by atoms with E-state index in [0.29, 0.717) is 17.7 Å². The average Bonchev–Trinajstić information content (AvgIpc) is 2.91. The van der Waals surface area contributed by atoms with Gasteiger partial charge in [0.15, 0.2) is 6.29 Å². The maximum atomic E-state index is 13.7. The van der Waals surface area contributed by atoms with Crippen LogP contribution in [0.3, 0.4) is 0 Å². The molecule has 0 radical (unpaired) electrons. The number of ether oxygens (including phenoxy) is 3. The Morgan fingerprint density at radius 3 is 2.36 bits per heavy atom. The summed E-state index contributed by atoms with van der Waals surface area (Å²) in [6.07, 6.45) is -15.6. The van der Waals surface area contributed by atoms with Crippen molar-refractivity contribution < 1.29 is 52.5 Å². The normalized spacial score (nSPS) is 21.5. The van der Waals surface area contributed by atoms with Crippen LogP contribution in [0.2, 0.25) is 0 Å². The molecule has 1 aliphatic heterocycles. The van der Waals surface area contributed by atoms with Crippen LogP contribution in [0, 0.1) is 5.82 Å². The van der Waals surface area contributed by atoms with Crippen molar-refractivity contribution in [1.82, 2.24) is 10.3 Å². The van der Waals surface area contributed by atoms with E-state index in [4.69, 9.17) is 17.9 Å². The highest BCUT2D eigenvalue weighted by Crippen LogP contribution is 2.39. The summed E-state index contributed by atoms with van der Waals surface area (Å²) >= 11 is 0. The SMILES string of the molecule is [2H]C[C@@]([2H])(O[C@H]1OCCN([13CH2]/[13C](N)=N\NC(=O)OC)[C@H]1c1ccc(F)cc1)c1cc(C(F)(F)F)cc(C(F)(F)F)c1. The highest BCUT2D eigenvalue weighted by Gasteiger charge is 2.39. The van der Waals surface area contributed by atoms with Crippen LogP contribution in [-0.2, 0) is 26.6 Å². The maximum absolute atomic E-state index is 13.7. The molecule has 0 saturated carbocycles. The number of carbonyl (C=O) groups excluding carboxylic acids is 1. The van der Waals surface area contributed by atoms with Crippen molar-refractivity contribution in [3.63, 3.8) is 0 Å². The second-order valence-electron chi connectivity index (χ2n) is 8.25. The first kappa shape index (κ1) is 27.1. The van der Waals surface area contributed by atoms with Crippen LogP contribution in [0.1, 0.15) is 44.0 Å². The van der Waals surface area contributed by atoms with Crippen LogP contribution in [0.25, 0.3) is 0 Å². The van der Waals surface area contributed by atoms with Crippen molar-refractivity contribution in [3.8, 4) is 0 Å². The van der Waals surface area contributed by atoms with Crippen LogP contribution in [0.4, 0.5) is 35.5 Å². The molecule has 0 aliphatic carbocycles. The second-order valence-corrected chi connectivity index (χ2v) is 8.25. The molecule has 0 spiro atoms. The number of methoxy groups -OCH3 is 1. The van der Waals surface area contributed by atoms with Crippen molar-refractivity contribution in [3.05, 3.63) is 70.5 Å². The van der Waals surface area contributed by atoms with Gasteiger partial charge in [-0.05, 0) is 48.4 Å². The number of benzene rings is 2. The summed E-state index contributed by atoms with van der Waals surface area (Å²) in [6, 6.07) is 4.32. The van der Waals surface area contributed by atoms with E-state index in [1.165, 1.54) is 12.1 Å². The number of alkyl halides is 6. The molecule has 214 valence electrons. The summed E-state index contributed by atoms with van der Waals surface area (Å²) < 4.78 is 127. The monoisotopic (exact) mass is 570 g/mol. The number of carbonyl (C=O) groups is 1. The van der Waals surface area contributed by atoms with Gasteiger partial charge in [0.2, 0.25) is 0 Å². The van der Waals surface area contributed by atoms with E-state index in [2.05, 4.69) is 9.84 Å². The molecular formula is C24H25F7N4O4. The summed E-state index contributed by atoms with van der Waals surface area (Å²) in [7, 11) is 1.09. The Hall–Kier alpha value is -3.43. The Labute approximate surface area is 221 Å². The number of hydrazone groups is 1. The predicted molar refractivity (Wildman–Crippen MR) is 124 cm³/mol. The van der Waals surface area contributed by atoms with Crippen molar-refractivity contribution in [2.45, 2.75) is 37.7 Å². The standard InChI is InChI=1S/C24H25F7N4O4/c1-13(15-9-16(23(26,27)28)11-17(10-15)24(29,30)31)39-21-20(14-3-5-18(25)6-4-14)35(7-8-38-21)12-19(32)33-34-22(36)37-2/h3-6,9-11,13,20-21H,7-8,12H2,1-2H3,(H2,32,33)(H,34,36)/t13-,20+,21-/m1/s1/i1D,12+1,13D,19+1. The molecular weight excluding hydrogens is 543 g/mol. The molecule has 1 heterocycles. The first-order valence-corrected chi connectivity index (χ1v) is 11.1. The van der Waals surface area contributed by atoms with Crippen molar-refractivity contribution in [1.29, 1.82) is 0 Å². The molecule has 3 N–H and O–H groups in total. The molecule has 3 rings (SSSR count). The molecule has 15 heteroatoms. The van der Waals surface area contributed by atoms with E-state index >= 15 is 0 Å². The second kappa shape index (κ2) is 12.2. The van der Waals surface area contributed by atoms with Gasteiger partial charge in [-0.2, -0.15) is 31.4 Å². The zero-order valence-electron chi connectivity index (χ0n) is 22.3. The van der Waals surface area contributed by atoms with E-state index in [9.17, 15) is 35.5 Å². The Balaban J connectivity index is 2.03. The molecule has 0 aromatic heterocycles. The van der Waals surface area contributed by atoms with Crippen LogP contribution in [0.15, 0.2) is 47.6 Å². The highest BCUT2D eigenvalue weighted by molar-refractivity contribution is 5.83. The molecule has 1 saturated heterocycles. The third-order valence-electron chi connectivity index (χ3n) is 5.53. The number of hydrogen-bond donors (Lipinski definition) is 2. The molecule has 3 atom stereocenters. The summed E-state index contributed by atoms with van der Waals surface area (Å²) in [4.78, 5) is 12.9. The molecule has 39 heavy (non-hydrogen) atoms. The fourth-order valence-corrected chi connectivity index (χ4v) is 3.72. The first-order chi connectivity index (χ1) is 19.1. The van der Waals surface area contributed by atoms with Crippen molar-refractivity contribution in [2.24, 2.45) is 10.8 Å². The van der Waals surface area contributed by atoms with Gasteiger partial charge in [-0.15, -0.1) is 0 Å². The first-order valence-electron chi connectivity index (χ1n) is 12.3. The number of rotatable bonds is 7. The van der Waals surface area contributed by atoms with E-state index < -0.39 is 66.3 Å². The van der Waals surface area contributed by atoms with Gasteiger partial charge in [0.25, 0.3) is 0 Å². The maximum Gasteiger partial charge on any atom is 0.427 e. The fourth-order valence-electron chi connectivity index (χ4n) is 3.72. The van der Waals surface area contributed by atoms with Gasteiger partial charge < -0.3 is 19.9 Å². The summed E-state index contributed by atoms with van der Waals surface area (Å²) in [5.41, 5.74) is 3.99.